The van der Waals surface area contributed by atoms with Crippen molar-refractivity contribution >= 4 is 23.3 Å². The normalized spacial score (nSPS) is 14.3. The zero-order chi connectivity index (χ0) is 26.6. The Labute approximate surface area is 217 Å². The van der Waals surface area contributed by atoms with E-state index < -0.39 is 11.7 Å². The Morgan fingerprint density at radius 2 is 1.65 bits per heavy atom. The average molecular weight is 503 g/mol. The molecule has 0 bridgehead atoms. The predicted molar refractivity (Wildman–Crippen MR) is 145 cm³/mol. The second-order valence-electron chi connectivity index (χ2n) is 10.3. The number of amides is 1. The lowest BCUT2D eigenvalue weighted by Gasteiger charge is -2.33. The number of ether oxygens (including phenoxy) is 1. The van der Waals surface area contributed by atoms with Gasteiger partial charge in [-0.2, -0.15) is 0 Å². The summed E-state index contributed by atoms with van der Waals surface area (Å²) in [5.41, 5.74) is 3.61. The van der Waals surface area contributed by atoms with Gasteiger partial charge in [0.05, 0.1) is 11.9 Å². The molecule has 2 heterocycles. The first-order valence-electron chi connectivity index (χ1n) is 12.4. The highest BCUT2D eigenvalue weighted by atomic mass is 16.6. The number of carbonyl (C=O) groups is 2. The number of phenolic OH excluding ortho intramolecular Hbond substituents is 1. The van der Waals surface area contributed by atoms with Gasteiger partial charge in [0.2, 0.25) is 0 Å². The van der Waals surface area contributed by atoms with E-state index in [4.69, 9.17) is 4.74 Å². The number of piperazine rings is 1. The number of rotatable bonds is 6. The number of Topliss-reactive ketones (excluding diaryl/α,β-unsaturated/α-hetero) is 1. The number of pyridine rings is 1. The molecule has 2 N–H and O–H groups in total. The van der Waals surface area contributed by atoms with Gasteiger partial charge in [0.1, 0.15) is 17.0 Å². The van der Waals surface area contributed by atoms with Crippen LogP contribution in [0.15, 0.2) is 60.8 Å². The summed E-state index contributed by atoms with van der Waals surface area (Å²) in [6.07, 6.45) is 1.22. The third kappa shape index (κ3) is 7.07. The van der Waals surface area contributed by atoms with Crippen LogP contribution < -0.4 is 10.2 Å². The molecule has 3 aromatic rings. The number of anilines is 2. The van der Waals surface area contributed by atoms with Crippen LogP contribution >= 0.6 is 0 Å². The van der Waals surface area contributed by atoms with E-state index in [1.807, 2.05) is 18.2 Å². The Morgan fingerprint density at radius 1 is 0.973 bits per heavy atom. The van der Waals surface area contributed by atoms with Gasteiger partial charge >= 0.3 is 6.09 Å². The van der Waals surface area contributed by atoms with Crippen molar-refractivity contribution in [1.29, 1.82) is 0 Å². The molecular weight excluding hydrogens is 468 g/mol. The molecule has 8 heteroatoms. The minimum absolute atomic E-state index is 0.0535. The van der Waals surface area contributed by atoms with Crippen molar-refractivity contribution in [2.75, 3.05) is 43.4 Å². The van der Waals surface area contributed by atoms with E-state index in [9.17, 15) is 14.7 Å². The van der Waals surface area contributed by atoms with Gasteiger partial charge in [-0.3, -0.25) is 15.1 Å². The lowest BCUT2D eigenvalue weighted by Crippen LogP contribution is -2.44. The van der Waals surface area contributed by atoms with Crippen LogP contribution in [0.5, 0.6) is 5.75 Å². The van der Waals surface area contributed by atoms with E-state index >= 15 is 0 Å². The molecule has 0 spiro atoms. The van der Waals surface area contributed by atoms with E-state index in [1.165, 1.54) is 0 Å². The number of benzene rings is 2. The molecule has 0 aliphatic carbocycles. The zero-order valence-corrected chi connectivity index (χ0v) is 21.8. The summed E-state index contributed by atoms with van der Waals surface area (Å²) in [7, 11) is 2.11. The maximum atomic E-state index is 13.2. The van der Waals surface area contributed by atoms with Crippen LogP contribution in [0.4, 0.5) is 16.2 Å². The van der Waals surface area contributed by atoms with Crippen LogP contribution in [0.2, 0.25) is 0 Å². The van der Waals surface area contributed by atoms with E-state index in [1.54, 1.807) is 63.4 Å². The number of hydrogen-bond donors (Lipinski definition) is 2. The fourth-order valence-corrected chi connectivity index (χ4v) is 4.18. The molecule has 1 aliphatic rings. The first-order chi connectivity index (χ1) is 17.6. The van der Waals surface area contributed by atoms with Gasteiger partial charge in [-0.1, -0.05) is 18.2 Å². The summed E-state index contributed by atoms with van der Waals surface area (Å²) in [6.45, 7) is 9.22. The SMILES string of the molecule is CN1CCN(c2ccc(C(=O)Cc3cc(-c4ccc(O)cc4)ccc3NC(=O)OC(C)(C)C)nc2)CC1. The standard InChI is InChI=1S/C29H34N4O4/c1-29(2,3)37-28(36)31-25-11-7-21(20-5-9-24(34)10-6-20)17-22(25)18-27(35)26-12-8-23(19-30-26)33-15-13-32(4)14-16-33/h5-12,17,19,34H,13-16,18H2,1-4H3,(H,31,36). The van der Waals surface area contributed by atoms with Gasteiger partial charge in [0, 0.05) is 38.3 Å². The topological polar surface area (TPSA) is 95.0 Å². The molecule has 0 radical (unpaired) electrons. The third-order valence-corrected chi connectivity index (χ3v) is 6.19. The van der Waals surface area contributed by atoms with Gasteiger partial charge in [0.25, 0.3) is 0 Å². The molecule has 1 aliphatic heterocycles. The molecule has 194 valence electrons. The number of ketones is 1. The number of carbonyl (C=O) groups excluding carboxylic acids is 2. The third-order valence-electron chi connectivity index (χ3n) is 6.19. The van der Waals surface area contributed by atoms with Gasteiger partial charge < -0.3 is 19.6 Å². The maximum Gasteiger partial charge on any atom is 0.412 e. The number of aromatic hydroxyl groups is 1. The minimum Gasteiger partial charge on any atom is -0.508 e. The largest absolute Gasteiger partial charge is 0.508 e. The van der Waals surface area contributed by atoms with Crippen LogP contribution in [0.25, 0.3) is 11.1 Å². The van der Waals surface area contributed by atoms with Crippen molar-refractivity contribution in [3.05, 3.63) is 72.1 Å². The van der Waals surface area contributed by atoms with E-state index in [0.717, 1.165) is 43.0 Å². The van der Waals surface area contributed by atoms with E-state index in [2.05, 4.69) is 27.1 Å². The second-order valence-corrected chi connectivity index (χ2v) is 10.3. The molecule has 1 saturated heterocycles. The average Bonchev–Trinajstić information content (AvgIpc) is 2.85. The summed E-state index contributed by atoms with van der Waals surface area (Å²) >= 11 is 0. The van der Waals surface area contributed by atoms with Gasteiger partial charge in [-0.05, 0) is 80.9 Å². The molecule has 1 fully saturated rings. The number of nitrogens with one attached hydrogen (secondary N) is 1. The van der Waals surface area contributed by atoms with Gasteiger partial charge in [-0.25, -0.2) is 4.79 Å². The van der Waals surface area contributed by atoms with Crippen LogP contribution in [0.3, 0.4) is 0 Å². The zero-order valence-electron chi connectivity index (χ0n) is 21.8. The summed E-state index contributed by atoms with van der Waals surface area (Å²) in [4.78, 5) is 34.7. The second kappa shape index (κ2) is 11.0. The predicted octanol–water partition coefficient (Wildman–Crippen LogP) is 4.98. The Kier molecular flexibility index (Phi) is 7.78. The highest BCUT2D eigenvalue weighted by Crippen LogP contribution is 2.28. The lowest BCUT2D eigenvalue weighted by molar-refractivity contribution is 0.0635. The summed E-state index contributed by atoms with van der Waals surface area (Å²) in [6, 6.07) is 16.0. The molecule has 0 saturated carbocycles. The van der Waals surface area contributed by atoms with Gasteiger partial charge in [0.15, 0.2) is 5.78 Å². The minimum atomic E-state index is -0.651. The first kappa shape index (κ1) is 26.2. The summed E-state index contributed by atoms with van der Waals surface area (Å²) < 4.78 is 5.41. The Balaban J connectivity index is 1.56. The van der Waals surface area contributed by atoms with Crippen LogP contribution in [0.1, 0.15) is 36.8 Å². The summed E-state index contributed by atoms with van der Waals surface area (Å²) in [5, 5.41) is 12.4. The van der Waals surface area contributed by atoms with Crippen molar-refractivity contribution in [2.24, 2.45) is 0 Å². The molecular formula is C29H34N4O4. The lowest BCUT2D eigenvalue weighted by atomic mass is 9.98. The molecule has 1 aromatic heterocycles. The van der Waals surface area contributed by atoms with Crippen LogP contribution in [-0.4, -0.2) is 65.7 Å². The van der Waals surface area contributed by atoms with Gasteiger partial charge in [-0.15, -0.1) is 0 Å². The molecule has 8 nitrogen and oxygen atoms in total. The number of nitrogens with zero attached hydrogens (tertiary/aromatic N) is 3. The maximum absolute atomic E-state index is 13.2. The molecule has 1 amide bonds. The van der Waals surface area contributed by atoms with Crippen molar-refractivity contribution in [3.8, 4) is 16.9 Å². The molecule has 2 aromatic carbocycles. The van der Waals surface area contributed by atoms with E-state index in [0.29, 0.717) is 16.9 Å². The van der Waals surface area contributed by atoms with Crippen molar-refractivity contribution in [3.63, 3.8) is 0 Å². The summed E-state index contributed by atoms with van der Waals surface area (Å²) in [5.74, 6) is 0.0217. The molecule has 0 unspecified atom stereocenters. The van der Waals surface area contributed by atoms with Crippen LogP contribution in [0, 0.1) is 0 Å². The number of phenols is 1. The van der Waals surface area contributed by atoms with E-state index in [-0.39, 0.29) is 18.0 Å². The highest BCUT2D eigenvalue weighted by Gasteiger charge is 2.20. The molecule has 0 atom stereocenters. The smallest absolute Gasteiger partial charge is 0.412 e. The Morgan fingerprint density at radius 3 is 2.27 bits per heavy atom. The number of likely N-dealkylation sites (N-methyl/N-ethyl adjacent to an activating group) is 1. The molecule has 4 rings (SSSR count). The fourth-order valence-electron chi connectivity index (χ4n) is 4.18. The van der Waals surface area contributed by atoms with Crippen molar-refractivity contribution in [2.45, 2.75) is 32.8 Å². The molecule has 37 heavy (non-hydrogen) atoms. The van der Waals surface area contributed by atoms with Crippen molar-refractivity contribution in [1.82, 2.24) is 9.88 Å². The number of hydrogen-bond acceptors (Lipinski definition) is 7. The first-order valence-corrected chi connectivity index (χ1v) is 12.4. The highest BCUT2D eigenvalue weighted by molar-refractivity contribution is 5.98. The van der Waals surface area contributed by atoms with Crippen LogP contribution in [-0.2, 0) is 11.2 Å². The quantitative estimate of drug-likeness (QED) is 0.459. The van der Waals surface area contributed by atoms with Crippen molar-refractivity contribution < 1.29 is 19.4 Å². The number of aromatic nitrogens is 1. The monoisotopic (exact) mass is 502 g/mol. The Bertz CT molecular complexity index is 1240. The Hall–Kier alpha value is -3.91. The fraction of sp³-hybridized carbons (Fsp3) is 0.345.